The maximum atomic E-state index is 12.3. The summed E-state index contributed by atoms with van der Waals surface area (Å²) < 4.78 is 0. The molecule has 0 bridgehead atoms. The molecule has 2 atom stereocenters. The van der Waals surface area contributed by atoms with Crippen LogP contribution in [-0.2, 0) is 11.2 Å². The van der Waals surface area contributed by atoms with Crippen molar-refractivity contribution in [1.29, 1.82) is 0 Å². The highest BCUT2D eigenvalue weighted by Crippen LogP contribution is 2.28. The normalized spacial score (nSPS) is 17.8. The summed E-state index contributed by atoms with van der Waals surface area (Å²) >= 11 is 0. The Bertz CT molecular complexity index is 458. The number of anilines is 1. The lowest BCUT2D eigenvalue weighted by molar-refractivity contribution is -0.119. The number of rotatable bonds is 6. The van der Waals surface area contributed by atoms with Crippen LogP contribution < -0.4 is 10.2 Å². The molecule has 3 heteroatoms. The zero-order valence-electron chi connectivity index (χ0n) is 12.9. The van der Waals surface area contributed by atoms with E-state index >= 15 is 0 Å². The molecular formula is C17H26N2O. The SMILES string of the molecule is CCNC(CN1C(=O)CCc2ccccc21)C(C)CC. The molecule has 1 aromatic carbocycles. The second-order valence-corrected chi connectivity index (χ2v) is 5.68. The van der Waals surface area contributed by atoms with E-state index in [1.165, 1.54) is 5.56 Å². The van der Waals surface area contributed by atoms with E-state index in [-0.39, 0.29) is 5.91 Å². The summed E-state index contributed by atoms with van der Waals surface area (Å²) in [7, 11) is 0. The van der Waals surface area contributed by atoms with Crippen molar-refractivity contribution in [2.45, 2.75) is 46.1 Å². The summed E-state index contributed by atoms with van der Waals surface area (Å²) in [5.74, 6) is 0.826. The number of aryl methyl sites for hydroxylation is 1. The number of carbonyl (C=O) groups excluding carboxylic acids is 1. The molecule has 1 amide bonds. The zero-order valence-corrected chi connectivity index (χ0v) is 12.9. The Kier molecular flexibility index (Phi) is 5.18. The van der Waals surface area contributed by atoms with Crippen molar-refractivity contribution in [2.24, 2.45) is 5.92 Å². The van der Waals surface area contributed by atoms with Gasteiger partial charge in [0.05, 0.1) is 0 Å². The van der Waals surface area contributed by atoms with Crippen LogP contribution >= 0.6 is 0 Å². The predicted octanol–water partition coefficient (Wildman–Crippen LogP) is 2.99. The number of benzene rings is 1. The van der Waals surface area contributed by atoms with Crippen molar-refractivity contribution in [3.8, 4) is 0 Å². The summed E-state index contributed by atoms with van der Waals surface area (Å²) in [6.07, 6.45) is 2.64. The average Bonchev–Trinajstić information content (AvgIpc) is 2.48. The predicted molar refractivity (Wildman–Crippen MR) is 84.0 cm³/mol. The third kappa shape index (κ3) is 3.21. The number of hydrogen-bond acceptors (Lipinski definition) is 2. The smallest absolute Gasteiger partial charge is 0.227 e. The molecule has 0 fully saturated rings. The lowest BCUT2D eigenvalue weighted by Gasteiger charge is -2.34. The molecule has 2 rings (SSSR count). The molecule has 110 valence electrons. The van der Waals surface area contributed by atoms with Gasteiger partial charge in [0.2, 0.25) is 5.91 Å². The minimum atomic E-state index is 0.259. The van der Waals surface area contributed by atoms with E-state index in [4.69, 9.17) is 0 Å². The van der Waals surface area contributed by atoms with Crippen LogP contribution in [0.15, 0.2) is 24.3 Å². The van der Waals surface area contributed by atoms with Gasteiger partial charge in [-0.2, -0.15) is 0 Å². The number of amides is 1. The maximum Gasteiger partial charge on any atom is 0.227 e. The Hall–Kier alpha value is -1.35. The maximum absolute atomic E-state index is 12.3. The van der Waals surface area contributed by atoms with Gasteiger partial charge in [0, 0.05) is 24.7 Å². The molecule has 1 N–H and O–H groups in total. The molecule has 0 aromatic heterocycles. The molecule has 1 aromatic rings. The molecule has 1 aliphatic rings. The van der Waals surface area contributed by atoms with E-state index < -0.39 is 0 Å². The highest BCUT2D eigenvalue weighted by molar-refractivity contribution is 5.96. The number of carbonyl (C=O) groups is 1. The number of likely N-dealkylation sites (N-methyl/N-ethyl adjacent to an activating group) is 1. The Morgan fingerprint density at radius 1 is 1.25 bits per heavy atom. The molecular weight excluding hydrogens is 248 g/mol. The van der Waals surface area contributed by atoms with Crippen molar-refractivity contribution in [2.75, 3.05) is 18.0 Å². The van der Waals surface area contributed by atoms with Crippen LogP contribution in [0.25, 0.3) is 0 Å². The number of para-hydroxylation sites is 1. The molecule has 0 radical (unpaired) electrons. The standard InChI is InChI=1S/C17H26N2O/c1-4-13(3)15(18-5-2)12-19-16-9-7-6-8-14(16)10-11-17(19)20/h6-9,13,15,18H,4-5,10-12H2,1-3H3. The van der Waals surface area contributed by atoms with E-state index in [0.717, 1.165) is 31.6 Å². The Morgan fingerprint density at radius 2 is 2.00 bits per heavy atom. The van der Waals surface area contributed by atoms with Crippen LogP contribution in [0.2, 0.25) is 0 Å². The van der Waals surface area contributed by atoms with Crippen LogP contribution in [-0.4, -0.2) is 25.0 Å². The Morgan fingerprint density at radius 3 is 2.70 bits per heavy atom. The first-order valence-electron chi connectivity index (χ1n) is 7.79. The third-order valence-corrected chi connectivity index (χ3v) is 4.37. The van der Waals surface area contributed by atoms with Crippen LogP contribution in [0.3, 0.4) is 0 Å². The lowest BCUT2D eigenvalue weighted by Crippen LogP contribution is -2.48. The summed E-state index contributed by atoms with van der Waals surface area (Å²) in [4.78, 5) is 14.3. The second-order valence-electron chi connectivity index (χ2n) is 5.68. The third-order valence-electron chi connectivity index (χ3n) is 4.37. The van der Waals surface area contributed by atoms with Crippen LogP contribution in [0, 0.1) is 5.92 Å². The fraction of sp³-hybridized carbons (Fsp3) is 0.588. The fourth-order valence-electron chi connectivity index (χ4n) is 2.89. The molecule has 1 aliphatic heterocycles. The quantitative estimate of drug-likeness (QED) is 0.865. The van der Waals surface area contributed by atoms with Gasteiger partial charge in [-0.25, -0.2) is 0 Å². The molecule has 0 spiro atoms. The van der Waals surface area contributed by atoms with Gasteiger partial charge in [0.25, 0.3) is 0 Å². The van der Waals surface area contributed by atoms with Gasteiger partial charge in [0.1, 0.15) is 0 Å². The minimum absolute atomic E-state index is 0.259. The summed E-state index contributed by atoms with van der Waals surface area (Å²) in [6, 6.07) is 8.66. The van der Waals surface area contributed by atoms with Gasteiger partial charge in [-0.3, -0.25) is 4.79 Å². The first-order chi connectivity index (χ1) is 9.67. The van der Waals surface area contributed by atoms with Gasteiger partial charge in [-0.15, -0.1) is 0 Å². The van der Waals surface area contributed by atoms with Crippen LogP contribution in [0.4, 0.5) is 5.69 Å². The Labute approximate surface area is 122 Å². The minimum Gasteiger partial charge on any atom is -0.312 e. The molecule has 0 saturated heterocycles. The van der Waals surface area contributed by atoms with Crippen LogP contribution in [0.5, 0.6) is 0 Å². The largest absolute Gasteiger partial charge is 0.312 e. The lowest BCUT2D eigenvalue weighted by atomic mass is 9.95. The number of fused-ring (bicyclic) bond motifs is 1. The molecule has 1 heterocycles. The number of nitrogens with zero attached hydrogens (tertiary/aromatic N) is 1. The van der Waals surface area contributed by atoms with Gasteiger partial charge >= 0.3 is 0 Å². The first-order valence-corrected chi connectivity index (χ1v) is 7.79. The molecule has 2 unspecified atom stereocenters. The van der Waals surface area contributed by atoms with E-state index in [0.29, 0.717) is 18.4 Å². The highest BCUT2D eigenvalue weighted by Gasteiger charge is 2.27. The molecule has 3 nitrogen and oxygen atoms in total. The fourth-order valence-corrected chi connectivity index (χ4v) is 2.89. The Balaban J connectivity index is 2.20. The van der Waals surface area contributed by atoms with Crippen molar-refractivity contribution >= 4 is 11.6 Å². The highest BCUT2D eigenvalue weighted by atomic mass is 16.2. The van der Waals surface area contributed by atoms with Gasteiger partial charge < -0.3 is 10.2 Å². The molecule has 0 aliphatic carbocycles. The monoisotopic (exact) mass is 274 g/mol. The van der Waals surface area contributed by atoms with Gasteiger partial charge in [0.15, 0.2) is 0 Å². The summed E-state index contributed by atoms with van der Waals surface area (Å²) in [5, 5.41) is 3.54. The number of hydrogen-bond donors (Lipinski definition) is 1. The average molecular weight is 274 g/mol. The summed E-state index contributed by atoms with van der Waals surface area (Å²) in [5.41, 5.74) is 2.40. The van der Waals surface area contributed by atoms with E-state index in [1.807, 2.05) is 11.0 Å². The van der Waals surface area contributed by atoms with Crippen LogP contribution in [0.1, 0.15) is 39.2 Å². The van der Waals surface area contributed by atoms with Crippen molar-refractivity contribution in [3.05, 3.63) is 29.8 Å². The number of nitrogens with one attached hydrogen (secondary N) is 1. The van der Waals surface area contributed by atoms with E-state index in [1.54, 1.807) is 0 Å². The zero-order chi connectivity index (χ0) is 14.5. The van der Waals surface area contributed by atoms with E-state index in [9.17, 15) is 4.79 Å². The van der Waals surface area contributed by atoms with E-state index in [2.05, 4.69) is 44.3 Å². The van der Waals surface area contributed by atoms with Crippen molar-refractivity contribution < 1.29 is 4.79 Å². The summed E-state index contributed by atoms with van der Waals surface area (Å²) in [6.45, 7) is 8.31. The topological polar surface area (TPSA) is 32.3 Å². The van der Waals surface area contributed by atoms with Gasteiger partial charge in [-0.1, -0.05) is 45.4 Å². The molecule has 20 heavy (non-hydrogen) atoms. The second kappa shape index (κ2) is 6.89. The van der Waals surface area contributed by atoms with Crippen molar-refractivity contribution in [3.63, 3.8) is 0 Å². The first kappa shape index (κ1) is 15.0. The van der Waals surface area contributed by atoms with Crippen molar-refractivity contribution in [1.82, 2.24) is 5.32 Å². The van der Waals surface area contributed by atoms with Gasteiger partial charge in [-0.05, 0) is 30.5 Å². The molecule has 0 saturated carbocycles.